The van der Waals surface area contributed by atoms with Crippen LogP contribution in [0.5, 0.6) is 0 Å². The van der Waals surface area contributed by atoms with Gasteiger partial charge in [0, 0.05) is 5.56 Å². The van der Waals surface area contributed by atoms with E-state index in [0.717, 1.165) is 39.2 Å². The Hall–Kier alpha value is -8.37. The van der Waals surface area contributed by atoms with Crippen molar-refractivity contribution in [3.8, 4) is 55.6 Å². The summed E-state index contributed by atoms with van der Waals surface area (Å²) >= 11 is 0. The molecule has 318 valence electrons. The smallest absolute Gasteiger partial charge is 0.131 e. The number of nitrogens with zero attached hydrogens (tertiary/aromatic N) is 1. The number of hydrogen-bond acceptors (Lipinski definition) is 3. The second kappa shape index (κ2) is 17.2. The molecule has 1 aliphatic carbocycles. The zero-order chi connectivity index (χ0) is 44.6. The van der Waals surface area contributed by atoms with Gasteiger partial charge >= 0.3 is 0 Å². The van der Waals surface area contributed by atoms with Crippen molar-refractivity contribution in [3.63, 3.8) is 0 Å². The molecule has 0 bridgehead atoms. The summed E-state index contributed by atoms with van der Waals surface area (Å²) in [5.74, 6) is 0.834. The molecule has 3 nitrogen and oxygen atoms in total. The lowest BCUT2D eigenvalue weighted by Gasteiger charge is -2.35. The molecule has 0 fully saturated rings. The summed E-state index contributed by atoms with van der Waals surface area (Å²) in [5.41, 5.74) is 19.6. The van der Waals surface area contributed by atoms with Crippen LogP contribution in [0.2, 0.25) is 0 Å². The Morgan fingerprint density at radius 2 is 0.776 bits per heavy atom. The monoisotopic (exact) mass is 857 g/mol. The largest absolute Gasteiger partial charge is 0.350 e. The first-order valence-corrected chi connectivity index (χ1v) is 23.2. The number of fused-ring (bicyclic) bond motifs is 3. The summed E-state index contributed by atoms with van der Waals surface area (Å²) in [4.78, 5) is 5.61. The summed E-state index contributed by atoms with van der Waals surface area (Å²) in [6.07, 6.45) is -0.611. The Balaban J connectivity index is 1.03. The van der Waals surface area contributed by atoms with Crippen LogP contribution in [0.25, 0.3) is 55.6 Å². The fourth-order valence-corrected chi connectivity index (χ4v) is 10.6. The third-order valence-corrected chi connectivity index (χ3v) is 13.6. The first-order valence-electron chi connectivity index (χ1n) is 23.2. The van der Waals surface area contributed by atoms with Crippen LogP contribution in [0, 0.1) is 0 Å². The zero-order valence-electron chi connectivity index (χ0n) is 36.9. The molecule has 67 heavy (non-hydrogen) atoms. The molecule has 2 N–H and O–H groups in total. The highest BCUT2D eigenvalue weighted by molar-refractivity contribution is 6.01. The van der Waals surface area contributed by atoms with Gasteiger partial charge in [0.2, 0.25) is 0 Å². The third-order valence-electron chi connectivity index (χ3n) is 13.6. The molecule has 10 aromatic carbocycles. The summed E-state index contributed by atoms with van der Waals surface area (Å²) in [6.45, 7) is 0. The van der Waals surface area contributed by atoms with E-state index in [0.29, 0.717) is 0 Å². The van der Waals surface area contributed by atoms with Gasteiger partial charge in [-0.1, -0.05) is 231 Å². The molecule has 1 heterocycles. The SMILES string of the molecule is c1ccc(-c2cc(-c3ccccc3)cc(C3N=C(c4cccc(-c5cccc6c5C(c5ccccc5)(c5ccccc5)c5ccccc5-6)c4)NC(c4cccc(-c5ccccc5)c4)N3)c2)cc1. The number of aliphatic imine (C=N–C) groups is 1. The molecule has 12 rings (SSSR count). The van der Waals surface area contributed by atoms with Gasteiger partial charge in [0.05, 0.1) is 5.41 Å². The van der Waals surface area contributed by atoms with Crippen LogP contribution >= 0.6 is 0 Å². The quantitative estimate of drug-likeness (QED) is 0.152. The van der Waals surface area contributed by atoms with Crippen LogP contribution in [0.15, 0.2) is 266 Å². The number of rotatable bonds is 9. The van der Waals surface area contributed by atoms with Crippen molar-refractivity contribution in [3.05, 3.63) is 300 Å². The fourth-order valence-electron chi connectivity index (χ4n) is 10.6. The molecular weight excluding hydrogens is 811 g/mol. The normalized spacial score (nSPS) is 15.7. The molecule has 1 aliphatic heterocycles. The van der Waals surface area contributed by atoms with Gasteiger partial charge in [-0.25, -0.2) is 4.99 Å². The Morgan fingerprint density at radius 1 is 0.328 bits per heavy atom. The van der Waals surface area contributed by atoms with Crippen LogP contribution in [-0.2, 0) is 5.41 Å². The van der Waals surface area contributed by atoms with Crippen molar-refractivity contribution < 1.29 is 0 Å². The van der Waals surface area contributed by atoms with Gasteiger partial charge in [-0.15, -0.1) is 0 Å². The van der Waals surface area contributed by atoms with E-state index >= 15 is 0 Å². The average molecular weight is 858 g/mol. The summed E-state index contributed by atoms with van der Waals surface area (Å²) < 4.78 is 0. The topological polar surface area (TPSA) is 36.4 Å². The van der Waals surface area contributed by atoms with E-state index in [-0.39, 0.29) is 12.3 Å². The predicted molar refractivity (Wildman–Crippen MR) is 277 cm³/mol. The fraction of sp³-hybridized carbons (Fsp3) is 0.0469. The van der Waals surface area contributed by atoms with Crippen LogP contribution < -0.4 is 10.6 Å². The van der Waals surface area contributed by atoms with Gasteiger partial charge in [-0.05, 0) is 119 Å². The summed E-state index contributed by atoms with van der Waals surface area (Å²) in [7, 11) is 0. The Kier molecular flexibility index (Phi) is 10.3. The minimum atomic E-state index is -0.536. The molecule has 0 radical (unpaired) electrons. The van der Waals surface area contributed by atoms with Crippen molar-refractivity contribution in [2.45, 2.75) is 17.7 Å². The van der Waals surface area contributed by atoms with E-state index in [1.807, 2.05) is 0 Å². The molecule has 10 aromatic rings. The molecule has 2 atom stereocenters. The number of amidine groups is 1. The number of hydrogen-bond donors (Lipinski definition) is 2. The van der Waals surface area contributed by atoms with Gasteiger partial charge < -0.3 is 5.32 Å². The van der Waals surface area contributed by atoms with E-state index in [1.165, 1.54) is 61.2 Å². The van der Waals surface area contributed by atoms with Crippen molar-refractivity contribution in [2.75, 3.05) is 0 Å². The maximum absolute atomic E-state index is 5.61. The van der Waals surface area contributed by atoms with E-state index in [4.69, 9.17) is 4.99 Å². The minimum absolute atomic E-state index is 0.246. The van der Waals surface area contributed by atoms with Crippen molar-refractivity contribution in [2.24, 2.45) is 4.99 Å². The molecular formula is C64H47N3. The van der Waals surface area contributed by atoms with Crippen molar-refractivity contribution >= 4 is 5.84 Å². The average Bonchev–Trinajstić information content (AvgIpc) is 3.73. The summed E-state index contributed by atoms with van der Waals surface area (Å²) in [6, 6.07) is 94.6. The maximum atomic E-state index is 5.61. The predicted octanol–water partition coefficient (Wildman–Crippen LogP) is 15.1. The molecule has 0 spiro atoms. The third kappa shape index (κ3) is 7.27. The zero-order valence-corrected chi connectivity index (χ0v) is 36.9. The first-order chi connectivity index (χ1) is 33.2. The Bertz CT molecular complexity index is 3300. The Labute approximate surface area is 392 Å². The van der Waals surface area contributed by atoms with Gasteiger partial charge in [-0.2, -0.15) is 0 Å². The highest BCUT2D eigenvalue weighted by atomic mass is 15.3. The van der Waals surface area contributed by atoms with Crippen LogP contribution in [-0.4, -0.2) is 5.84 Å². The molecule has 0 aromatic heterocycles. The first kappa shape index (κ1) is 40.2. The van der Waals surface area contributed by atoms with Crippen LogP contribution in [0.3, 0.4) is 0 Å². The van der Waals surface area contributed by atoms with E-state index < -0.39 is 5.41 Å². The molecule has 2 aliphatic rings. The molecule has 0 saturated carbocycles. The standard InChI is InChI=1S/C64H47N3/c1-6-21-44(22-7-1)47-27-18-29-49(39-47)61-65-62(67-63(66-61)53-42-51(45-23-8-2-9-24-45)41-52(43-53)46-25-10-3-11-26-46)50-30-19-28-48(40-50)56-36-20-37-58-57-35-16-17-38-59(57)64(60(56)58,54-31-12-4-13-32-54)55-33-14-5-15-34-55/h1-43,61,63,66H,(H,65,67). The van der Waals surface area contributed by atoms with Gasteiger partial charge in [-0.3, -0.25) is 5.32 Å². The molecule has 3 heteroatoms. The second-order valence-corrected chi connectivity index (χ2v) is 17.5. The van der Waals surface area contributed by atoms with Gasteiger partial charge in [0.15, 0.2) is 0 Å². The van der Waals surface area contributed by atoms with Crippen molar-refractivity contribution in [1.82, 2.24) is 10.6 Å². The summed E-state index contributed by atoms with van der Waals surface area (Å²) in [5, 5.41) is 7.87. The van der Waals surface area contributed by atoms with E-state index in [9.17, 15) is 0 Å². The number of benzene rings is 10. The number of nitrogens with one attached hydrogen (secondary N) is 2. The van der Waals surface area contributed by atoms with Crippen molar-refractivity contribution in [1.29, 1.82) is 0 Å². The van der Waals surface area contributed by atoms with Crippen LogP contribution in [0.1, 0.15) is 51.3 Å². The van der Waals surface area contributed by atoms with Crippen LogP contribution in [0.4, 0.5) is 0 Å². The molecule has 0 saturated heterocycles. The van der Waals surface area contributed by atoms with E-state index in [2.05, 4.69) is 271 Å². The highest BCUT2D eigenvalue weighted by Gasteiger charge is 2.47. The van der Waals surface area contributed by atoms with Gasteiger partial charge in [0.25, 0.3) is 0 Å². The minimum Gasteiger partial charge on any atom is -0.350 e. The lowest BCUT2D eigenvalue weighted by Crippen LogP contribution is -2.45. The molecule has 2 unspecified atom stereocenters. The van der Waals surface area contributed by atoms with E-state index in [1.54, 1.807) is 0 Å². The van der Waals surface area contributed by atoms with Gasteiger partial charge in [0.1, 0.15) is 18.2 Å². The lowest BCUT2D eigenvalue weighted by atomic mass is 9.66. The maximum Gasteiger partial charge on any atom is 0.131 e. The Morgan fingerprint density at radius 3 is 1.42 bits per heavy atom. The lowest BCUT2D eigenvalue weighted by molar-refractivity contribution is 0.409. The highest BCUT2D eigenvalue weighted by Crippen LogP contribution is 2.58. The second-order valence-electron chi connectivity index (χ2n) is 17.5. The molecule has 0 amide bonds.